The van der Waals surface area contributed by atoms with Gasteiger partial charge in [0.05, 0.1) is 11.2 Å². The van der Waals surface area contributed by atoms with Crippen LogP contribution < -0.4 is 10.6 Å². The molecule has 0 unspecified atom stereocenters. The maximum Gasteiger partial charge on any atom is 0.419 e. The summed E-state index contributed by atoms with van der Waals surface area (Å²) in [7, 11) is -2.64. The molecule has 160 valence electrons. The van der Waals surface area contributed by atoms with Crippen molar-refractivity contribution in [2.45, 2.75) is 12.6 Å². The van der Waals surface area contributed by atoms with Crippen molar-refractivity contribution in [3.8, 4) is 11.3 Å². The van der Waals surface area contributed by atoms with Gasteiger partial charge in [-0.05, 0) is 37.7 Å². The highest BCUT2D eigenvalue weighted by Gasteiger charge is 2.38. The number of hydrogen-bond acceptors (Lipinski definition) is 5. The third-order valence-electron chi connectivity index (χ3n) is 5.45. The van der Waals surface area contributed by atoms with Gasteiger partial charge in [0.2, 0.25) is 5.95 Å². The number of rotatable bonds is 6. The van der Waals surface area contributed by atoms with Crippen LogP contribution in [0.3, 0.4) is 0 Å². The summed E-state index contributed by atoms with van der Waals surface area (Å²) < 4.78 is 53.6. The normalized spacial score (nSPS) is 19.3. The number of aromatic nitrogens is 3. The molecule has 30 heavy (non-hydrogen) atoms. The topological polar surface area (TPSA) is 90.9 Å². The predicted molar refractivity (Wildman–Crippen MR) is 111 cm³/mol. The summed E-state index contributed by atoms with van der Waals surface area (Å²) in [6.45, 7) is 3.83. The van der Waals surface area contributed by atoms with Crippen LogP contribution in [0.5, 0.6) is 0 Å². The maximum absolute atomic E-state index is 13.7. The third kappa shape index (κ3) is 3.96. The number of anilines is 1. The number of alkyl halides is 3. The Morgan fingerprint density at radius 1 is 1.30 bits per heavy atom. The zero-order chi connectivity index (χ0) is 21.7. The van der Waals surface area contributed by atoms with Crippen molar-refractivity contribution in [1.82, 2.24) is 15.0 Å². The SMILES string of the molecule is CP(C)(=O)c1cccc2c(-c3nc(NC[C@H]4C[C@H]4CO)ncc3C(F)(F)F)c[nH]c12. The lowest BCUT2D eigenvalue weighted by Gasteiger charge is -2.14. The number of aliphatic hydroxyl groups excluding tert-OH is 1. The molecule has 0 bridgehead atoms. The summed E-state index contributed by atoms with van der Waals surface area (Å²) in [5, 5.41) is 13.2. The molecule has 0 aliphatic heterocycles. The van der Waals surface area contributed by atoms with Gasteiger partial charge in [-0.3, -0.25) is 0 Å². The van der Waals surface area contributed by atoms with Crippen LogP contribution >= 0.6 is 7.14 Å². The summed E-state index contributed by atoms with van der Waals surface area (Å²) >= 11 is 0. The van der Waals surface area contributed by atoms with E-state index < -0.39 is 18.9 Å². The highest BCUT2D eigenvalue weighted by molar-refractivity contribution is 7.70. The second-order valence-corrected chi connectivity index (χ2v) is 11.2. The maximum atomic E-state index is 13.7. The van der Waals surface area contributed by atoms with Crippen LogP contribution in [0.2, 0.25) is 0 Å². The number of halogens is 3. The van der Waals surface area contributed by atoms with Gasteiger partial charge in [0.1, 0.15) is 12.7 Å². The van der Waals surface area contributed by atoms with E-state index in [1.165, 1.54) is 6.20 Å². The van der Waals surface area contributed by atoms with Crippen molar-refractivity contribution in [2.24, 2.45) is 11.8 Å². The molecule has 0 radical (unpaired) electrons. The Labute approximate surface area is 171 Å². The molecule has 10 heteroatoms. The fourth-order valence-electron chi connectivity index (χ4n) is 3.67. The number of hydrogen-bond donors (Lipinski definition) is 3. The number of nitrogens with one attached hydrogen (secondary N) is 2. The first-order valence-electron chi connectivity index (χ1n) is 9.54. The summed E-state index contributed by atoms with van der Waals surface area (Å²) in [6, 6.07) is 5.09. The van der Waals surface area contributed by atoms with E-state index >= 15 is 0 Å². The van der Waals surface area contributed by atoms with Crippen LogP contribution in [-0.4, -0.2) is 46.5 Å². The Bertz CT molecular complexity index is 1140. The van der Waals surface area contributed by atoms with Gasteiger partial charge in [-0.1, -0.05) is 12.1 Å². The Morgan fingerprint density at radius 3 is 2.70 bits per heavy atom. The van der Waals surface area contributed by atoms with Gasteiger partial charge in [-0.2, -0.15) is 13.2 Å². The van der Waals surface area contributed by atoms with E-state index in [1.807, 2.05) is 0 Å². The molecule has 1 aromatic carbocycles. The van der Waals surface area contributed by atoms with E-state index in [4.69, 9.17) is 5.11 Å². The Morgan fingerprint density at radius 2 is 2.07 bits per heavy atom. The van der Waals surface area contributed by atoms with Crippen LogP contribution in [0.15, 0.2) is 30.6 Å². The lowest BCUT2D eigenvalue weighted by Crippen LogP contribution is -2.13. The van der Waals surface area contributed by atoms with E-state index in [0.717, 1.165) is 12.6 Å². The van der Waals surface area contributed by atoms with Gasteiger partial charge in [-0.15, -0.1) is 0 Å². The van der Waals surface area contributed by atoms with Crippen molar-refractivity contribution < 1.29 is 22.8 Å². The lowest BCUT2D eigenvalue weighted by atomic mass is 10.1. The van der Waals surface area contributed by atoms with Crippen LogP contribution in [0.1, 0.15) is 12.0 Å². The minimum absolute atomic E-state index is 0.0991. The molecular weight excluding hydrogens is 416 g/mol. The first kappa shape index (κ1) is 20.9. The molecule has 3 aromatic rings. The molecule has 1 aliphatic rings. The number of H-pyrrole nitrogens is 1. The molecule has 1 fully saturated rings. The van der Waals surface area contributed by atoms with Gasteiger partial charge < -0.3 is 20.0 Å². The number of aliphatic hydroxyl groups is 1. The molecule has 2 atom stereocenters. The predicted octanol–water partition coefficient (Wildman–Crippen LogP) is 3.93. The highest BCUT2D eigenvalue weighted by Crippen LogP contribution is 2.42. The van der Waals surface area contributed by atoms with Crippen molar-refractivity contribution in [3.63, 3.8) is 0 Å². The van der Waals surface area contributed by atoms with E-state index in [9.17, 15) is 17.7 Å². The van der Waals surface area contributed by atoms with Gasteiger partial charge >= 0.3 is 6.18 Å². The zero-order valence-corrected chi connectivity index (χ0v) is 17.4. The van der Waals surface area contributed by atoms with Crippen molar-refractivity contribution in [2.75, 3.05) is 31.8 Å². The Kier molecular flexibility index (Phi) is 5.14. The molecule has 2 heterocycles. The van der Waals surface area contributed by atoms with Gasteiger partial charge in [0.15, 0.2) is 0 Å². The molecule has 1 saturated carbocycles. The molecular formula is C20H22F3N4O2P. The average Bonchev–Trinajstić information content (AvgIpc) is 3.31. The molecule has 6 nitrogen and oxygen atoms in total. The Balaban J connectivity index is 1.78. The van der Waals surface area contributed by atoms with Crippen LogP contribution in [-0.2, 0) is 10.7 Å². The summed E-state index contributed by atoms with van der Waals surface area (Å²) in [6.07, 6.45) is -1.50. The lowest BCUT2D eigenvalue weighted by molar-refractivity contribution is -0.137. The number of fused-ring (bicyclic) bond motifs is 1. The van der Waals surface area contributed by atoms with E-state index in [2.05, 4.69) is 20.3 Å². The first-order valence-corrected chi connectivity index (χ1v) is 12.1. The molecule has 2 aromatic heterocycles. The van der Waals surface area contributed by atoms with Crippen LogP contribution in [0.25, 0.3) is 22.2 Å². The minimum atomic E-state index is -4.63. The summed E-state index contributed by atoms with van der Waals surface area (Å²) in [5.41, 5.74) is -0.348. The molecule has 3 N–H and O–H groups in total. The molecule has 4 rings (SSSR count). The molecule has 0 saturated heterocycles. The highest BCUT2D eigenvalue weighted by atomic mass is 31.2. The van der Waals surface area contributed by atoms with Crippen molar-refractivity contribution >= 4 is 29.3 Å². The van der Waals surface area contributed by atoms with Gasteiger partial charge in [0.25, 0.3) is 0 Å². The molecule has 0 amide bonds. The summed E-state index contributed by atoms with van der Waals surface area (Å²) in [5.74, 6) is 0.587. The van der Waals surface area contributed by atoms with E-state index in [-0.39, 0.29) is 35.6 Å². The quantitative estimate of drug-likeness (QED) is 0.508. The second kappa shape index (κ2) is 7.39. The standard InChI is InChI=1S/C20H22F3N4O2P/c1-30(2,29)16-5-3-4-13-14(8-24-18(13)16)17-15(20(21,22)23)9-26-19(27-17)25-7-11-6-12(11)10-28/h3-5,8-9,11-12,24,28H,6-7,10H2,1-2H3,(H,25,26,27)/t11-,12+/m1/s1. The van der Waals surface area contributed by atoms with Crippen molar-refractivity contribution in [1.29, 1.82) is 0 Å². The van der Waals surface area contributed by atoms with Crippen molar-refractivity contribution in [3.05, 3.63) is 36.2 Å². The van der Waals surface area contributed by atoms with Crippen LogP contribution in [0, 0.1) is 11.8 Å². The zero-order valence-electron chi connectivity index (χ0n) is 16.5. The third-order valence-corrected chi connectivity index (χ3v) is 6.98. The van der Waals surface area contributed by atoms with Gasteiger partial charge in [0, 0.05) is 41.8 Å². The smallest absolute Gasteiger partial charge is 0.396 e. The summed E-state index contributed by atoms with van der Waals surface area (Å²) in [4.78, 5) is 11.0. The van der Waals surface area contributed by atoms with E-state index in [1.54, 1.807) is 31.5 Å². The fraction of sp³-hybridized carbons (Fsp3) is 0.400. The molecule has 0 spiro atoms. The Hall–Kier alpha value is -2.38. The number of para-hydroxylation sites is 1. The minimum Gasteiger partial charge on any atom is -0.396 e. The number of benzene rings is 1. The fourth-order valence-corrected chi connectivity index (χ4v) is 4.84. The van der Waals surface area contributed by atoms with Gasteiger partial charge in [-0.25, -0.2) is 9.97 Å². The molecule has 1 aliphatic carbocycles. The first-order chi connectivity index (χ1) is 14.1. The average molecular weight is 438 g/mol. The number of aromatic amines is 1. The largest absolute Gasteiger partial charge is 0.419 e. The second-order valence-electron chi connectivity index (χ2n) is 8.03. The van der Waals surface area contributed by atoms with Crippen LogP contribution in [0.4, 0.5) is 19.1 Å². The number of nitrogens with zero attached hydrogens (tertiary/aromatic N) is 2. The van der Waals surface area contributed by atoms with E-state index in [0.29, 0.717) is 22.8 Å². The monoisotopic (exact) mass is 438 g/mol.